The van der Waals surface area contributed by atoms with Crippen LogP contribution < -0.4 is 5.56 Å². The van der Waals surface area contributed by atoms with Gasteiger partial charge in [-0.3, -0.25) is 14.3 Å². The molecular formula is C20H20N6OS. The number of rotatable bonds is 6. The highest BCUT2D eigenvalue weighted by atomic mass is 32.1. The lowest BCUT2D eigenvalue weighted by Crippen LogP contribution is -2.28. The van der Waals surface area contributed by atoms with Gasteiger partial charge < -0.3 is 4.98 Å². The third-order valence-corrected chi connectivity index (χ3v) is 4.99. The van der Waals surface area contributed by atoms with Crippen molar-refractivity contribution >= 4 is 23.1 Å². The number of nitrogens with zero attached hydrogens (tertiary/aromatic N) is 5. The van der Waals surface area contributed by atoms with E-state index in [1.54, 1.807) is 17.1 Å². The van der Waals surface area contributed by atoms with Crippen LogP contribution in [0.15, 0.2) is 65.7 Å². The molecule has 142 valence electrons. The van der Waals surface area contributed by atoms with Crippen molar-refractivity contribution in [2.24, 2.45) is 0 Å². The Morgan fingerprint density at radius 1 is 1.11 bits per heavy atom. The van der Waals surface area contributed by atoms with Gasteiger partial charge in [0.15, 0.2) is 0 Å². The quantitative estimate of drug-likeness (QED) is 0.511. The Balaban J connectivity index is 1.57. The van der Waals surface area contributed by atoms with Gasteiger partial charge in [-0.05, 0) is 43.0 Å². The number of H-pyrrole nitrogens is 1. The van der Waals surface area contributed by atoms with Gasteiger partial charge >= 0.3 is 0 Å². The average molecular weight is 392 g/mol. The summed E-state index contributed by atoms with van der Waals surface area (Å²) in [5.74, 6) is 0.625. The first kappa shape index (κ1) is 18.3. The van der Waals surface area contributed by atoms with E-state index in [0.717, 1.165) is 12.2 Å². The summed E-state index contributed by atoms with van der Waals surface area (Å²) >= 11 is 5.59. The largest absolute Gasteiger partial charge is 0.309 e. The molecule has 2 aromatic heterocycles. The fourth-order valence-corrected chi connectivity index (χ4v) is 3.33. The van der Waals surface area contributed by atoms with Crippen molar-refractivity contribution < 1.29 is 0 Å². The summed E-state index contributed by atoms with van der Waals surface area (Å²) in [4.78, 5) is 21.9. The zero-order valence-corrected chi connectivity index (χ0v) is 16.3. The minimum Gasteiger partial charge on any atom is -0.309 e. The summed E-state index contributed by atoms with van der Waals surface area (Å²) in [7, 11) is 0. The second-order valence-electron chi connectivity index (χ2n) is 6.43. The molecule has 0 aliphatic carbocycles. The Bertz CT molecular complexity index is 1210. The molecule has 0 fully saturated rings. The van der Waals surface area contributed by atoms with Crippen LogP contribution >= 0.6 is 12.2 Å². The molecular weight excluding hydrogens is 372 g/mol. The molecule has 0 amide bonds. The number of hydrogen-bond acceptors (Lipinski definition) is 5. The summed E-state index contributed by atoms with van der Waals surface area (Å²) in [6.07, 6.45) is 1.72. The molecule has 2 aromatic carbocycles. The predicted molar refractivity (Wildman–Crippen MR) is 111 cm³/mol. The van der Waals surface area contributed by atoms with Gasteiger partial charge in [0.05, 0.1) is 24.1 Å². The van der Waals surface area contributed by atoms with Gasteiger partial charge in [-0.1, -0.05) is 37.3 Å². The fourth-order valence-electron chi connectivity index (χ4n) is 3.07. The van der Waals surface area contributed by atoms with Crippen molar-refractivity contribution in [1.82, 2.24) is 29.2 Å². The molecule has 0 bridgehead atoms. The van der Waals surface area contributed by atoms with E-state index in [1.165, 1.54) is 0 Å². The molecule has 0 saturated carbocycles. The average Bonchev–Trinajstić information content (AvgIpc) is 3.08. The molecule has 0 atom stereocenters. The maximum absolute atomic E-state index is 12.3. The number of aromatic amines is 1. The topological polar surface area (TPSA) is 71.7 Å². The van der Waals surface area contributed by atoms with E-state index in [0.29, 0.717) is 34.7 Å². The Hall–Kier alpha value is -3.10. The lowest BCUT2D eigenvalue weighted by molar-refractivity contribution is 0.202. The lowest BCUT2D eigenvalue weighted by Gasteiger charge is -2.19. The second-order valence-corrected chi connectivity index (χ2v) is 6.80. The van der Waals surface area contributed by atoms with E-state index in [-0.39, 0.29) is 5.56 Å². The van der Waals surface area contributed by atoms with E-state index >= 15 is 0 Å². The number of nitrogens with one attached hydrogen (secondary N) is 1. The number of fused-ring (bicyclic) bond motifs is 1. The van der Waals surface area contributed by atoms with Crippen LogP contribution in [0.3, 0.4) is 0 Å². The van der Waals surface area contributed by atoms with Crippen LogP contribution in [0.1, 0.15) is 12.7 Å². The molecule has 0 radical (unpaired) electrons. The summed E-state index contributed by atoms with van der Waals surface area (Å²) in [6, 6.07) is 17.2. The molecule has 2 heterocycles. The van der Waals surface area contributed by atoms with Gasteiger partial charge in [-0.15, -0.1) is 0 Å². The Labute approximate surface area is 166 Å². The summed E-state index contributed by atoms with van der Waals surface area (Å²) in [6.45, 7) is 3.82. The third-order valence-electron chi connectivity index (χ3n) is 4.58. The first-order valence-electron chi connectivity index (χ1n) is 9.06. The van der Waals surface area contributed by atoms with Crippen LogP contribution in [0.5, 0.6) is 0 Å². The smallest absolute Gasteiger partial charge is 0.258 e. The predicted octanol–water partition coefficient (Wildman–Crippen LogP) is 3.12. The molecule has 1 N–H and O–H groups in total. The number of aromatic nitrogens is 5. The minimum absolute atomic E-state index is 0.124. The Morgan fingerprint density at radius 3 is 2.64 bits per heavy atom. The Kier molecular flexibility index (Phi) is 5.14. The molecule has 4 aromatic rings. The highest BCUT2D eigenvalue weighted by Gasteiger charge is 2.11. The minimum atomic E-state index is -0.124. The maximum atomic E-state index is 12.3. The van der Waals surface area contributed by atoms with Gasteiger partial charge in [-0.25, -0.2) is 9.67 Å². The molecule has 0 unspecified atom stereocenters. The Morgan fingerprint density at radius 2 is 1.86 bits per heavy atom. The van der Waals surface area contributed by atoms with Crippen LogP contribution in [0.4, 0.5) is 0 Å². The van der Waals surface area contributed by atoms with Crippen molar-refractivity contribution in [2.75, 3.05) is 6.54 Å². The summed E-state index contributed by atoms with van der Waals surface area (Å²) in [5.41, 5.74) is 1.55. The van der Waals surface area contributed by atoms with E-state index < -0.39 is 0 Å². The number of benzene rings is 2. The standard InChI is InChI=1S/C20H20N6OS/c1-2-24(12-18-22-17-11-7-6-10-16(17)19(27)23-18)14-26-20(28)25(13-21-26)15-8-4-3-5-9-15/h3-11,13H,2,12,14H2,1H3,(H,22,23,27). The molecule has 0 spiro atoms. The van der Waals surface area contributed by atoms with Crippen LogP contribution in [0, 0.1) is 4.77 Å². The van der Waals surface area contributed by atoms with Crippen molar-refractivity contribution in [1.29, 1.82) is 0 Å². The summed E-state index contributed by atoms with van der Waals surface area (Å²) < 4.78 is 4.26. The monoisotopic (exact) mass is 392 g/mol. The first-order valence-corrected chi connectivity index (χ1v) is 9.46. The molecule has 4 rings (SSSR count). The van der Waals surface area contributed by atoms with Crippen LogP contribution in [0.25, 0.3) is 16.6 Å². The van der Waals surface area contributed by atoms with Gasteiger partial charge in [0, 0.05) is 5.69 Å². The lowest BCUT2D eigenvalue weighted by atomic mass is 10.2. The SMILES string of the molecule is CCN(Cc1nc2ccccc2c(=O)[nH]1)Cn1ncn(-c2ccccc2)c1=S. The van der Waals surface area contributed by atoms with Crippen LogP contribution in [-0.2, 0) is 13.2 Å². The normalized spacial score (nSPS) is 11.4. The van der Waals surface area contributed by atoms with E-state index in [4.69, 9.17) is 12.2 Å². The van der Waals surface area contributed by atoms with Crippen LogP contribution in [-0.4, -0.2) is 35.8 Å². The molecule has 0 saturated heterocycles. The van der Waals surface area contributed by atoms with Gasteiger partial charge in [0.2, 0.25) is 4.77 Å². The number of para-hydroxylation sites is 2. The highest BCUT2D eigenvalue weighted by Crippen LogP contribution is 2.10. The zero-order valence-electron chi connectivity index (χ0n) is 15.4. The fraction of sp³-hybridized carbons (Fsp3) is 0.200. The van der Waals surface area contributed by atoms with E-state index in [9.17, 15) is 4.79 Å². The maximum Gasteiger partial charge on any atom is 0.258 e. The second kappa shape index (κ2) is 7.87. The van der Waals surface area contributed by atoms with Crippen molar-refractivity contribution in [3.63, 3.8) is 0 Å². The van der Waals surface area contributed by atoms with Gasteiger partial charge in [-0.2, -0.15) is 5.10 Å². The van der Waals surface area contributed by atoms with Crippen molar-refractivity contribution in [3.8, 4) is 5.69 Å². The molecule has 28 heavy (non-hydrogen) atoms. The van der Waals surface area contributed by atoms with E-state index in [1.807, 2.05) is 53.1 Å². The van der Waals surface area contributed by atoms with Crippen molar-refractivity contribution in [3.05, 3.63) is 81.9 Å². The summed E-state index contributed by atoms with van der Waals surface area (Å²) in [5, 5.41) is 5.03. The first-order chi connectivity index (χ1) is 13.7. The third kappa shape index (κ3) is 3.64. The number of hydrogen-bond donors (Lipinski definition) is 1. The highest BCUT2D eigenvalue weighted by molar-refractivity contribution is 7.71. The zero-order chi connectivity index (χ0) is 19.5. The molecule has 8 heteroatoms. The van der Waals surface area contributed by atoms with Gasteiger partial charge in [0.1, 0.15) is 12.2 Å². The van der Waals surface area contributed by atoms with E-state index in [2.05, 4.69) is 26.9 Å². The van der Waals surface area contributed by atoms with Crippen molar-refractivity contribution in [2.45, 2.75) is 20.1 Å². The molecule has 0 aliphatic rings. The molecule has 0 aliphatic heterocycles. The van der Waals surface area contributed by atoms with Crippen LogP contribution in [0.2, 0.25) is 0 Å². The molecule has 7 nitrogen and oxygen atoms in total. The van der Waals surface area contributed by atoms with Gasteiger partial charge in [0.25, 0.3) is 5.56 Å².